The number of nitro groups is 1. The standard InChI is InChI=1S/C12H21N5O3/c1-5-16(6-2)8-7-13-11-10(17(18)19)12(20-4)15-9(3)14-11/h5-8H2,1-4H3,(H,13,14,15). The van der Waals surface area contributed by atoms with Crippen molar-refractivity contribution in [2.24, 2.45) is 0 Å². The van der Waals surface area contributed by atoms with Crippen molar-refractivity contribution in [1.82, 2.24) is 14.9 Å². The second-order valence-corrected chi connectivity index (χ2v) is 4.19. The Labute approximate surface area is 118 Å². The number of likely N-dealkylation sites (N-methyl/N-ethyl adjacent to an activating group) is 1. The summed E-state index contributed by atoms with van der Waals surface area (Å²) in [6.07, 6.45) is 0. The lowest BCUT2D eigenvalue weighted by molar-refractivity contribution is -0.385. The van der Waals surface area contributed by atoms with Crippen LogP contribution in [0.4, 0.5) is 11.5 Å². The van der Waals surface area contributed by atoms with Gasteiger partial charge in [0.25, 0.3) is 5.88 Å². The van der Waals surface area contributed by atoms with Gasteiger partial charge in [-0.05, 0) is 20.0 Å². The van der Waals surface area contributed by atoms with E-state index >= 15 is 0 Å². The molecular weight excluding hydrogens is 262 g/mol. The number of rotatable bonds is 8. The first-order valence-corrected chi connectivity index (χ1v) is 6.56. The Kier molecular flexibility index (Phi) is 6.10. The van der Waals surface area contributed by atoms with Gasteiger partial charge in [0.05, 0.1) is 12.0 Å². The third-order valence-electron chi connectivity index (χ3n) is 2.95. The zero-order chi connectivity index (χ0) is 15.1. The Bertz CT molecular complexity index is 463. The Morgan fingerprint density at radius 2 is 2.00 bits per heavy atom. The lowest BCUT2D eigenvalue weighted by atomic mass is 10.4. The van der Waals surface area contributed by atoms with Crippen molar-refractivity contribution in [2.45, 2.75) is 20.8 Å². The molecule has 8 nitrogen and oxygen atoms in total. The molecule has 0 aromatic carbocycles. The summed E-state index contributed by atoms with van der Waals surface area (Å²) in [6, 6.07) is 0. The van der Waals surface area contributed by atoms with E-state index in [1.165, 1.54) is 7.11 Å². The minimum atomic E-state index is -0.530. The zero-order valence-electron chi connectivity index (χ0n) is 12.3. The molecule has 0 aliphatic carbocycles. The number of anilines is 1. The molecule has 0 spiro atoms. The van der Waals surface area contributed by atoms with Crippen molar-refractivity contribution in [3.8, 4) is 5.88 Å². The van der Waals surface area contributed by atoms with E-state index in [1.807, 2.05) is 0 Å². The summed E-state index contributed by atoms with van der Waals surface area (Å²) in [5, 5.41) is 14.1. The molecule has 0 aliphatic rings. The van der Waals surface area contributed by atoms with E-state index in [-0.39, 0.29) is 17.4 Å². The molecule has 0 unspecified atom stereocenters. The SMILES string of the molecule is CCN(CC)CCNc1nc(C)nc(OC)c1[N+](=O)[O-]. The van der Waals surface area contributed by atoms with Gasteiger partial charge in [-0.15, -0.1) is 0 Å². The minimum absolute atomic E-state index is 0.0205. The largest absolute Gasteiger partial charge is 0.476 e. The normalized spacial score (nSPS) is 10.7. The van der Waals surface area contributed by atoms with Gasteiger partial charge in [0.15, 0.2) is 0 Å². The van der Waals surface area contributed by atoms with Crippen LogP contribution in [0.3, 0.4) is 0 Å². The van der Waals surface area contributed by atoms with Crippen LogP contribution in [-0.4, -0.2) is 53.1 Å². The smallest absolute Gasteiger partial charge is 0.372 e. The van der Waals surface area contributed by atoms with E-state index in [0.717, 1.165) is 19.6 Å². The number of methoxy groups -OCH3 is 1. The van der Waals surface area contributed by atoms with E-state index in [0.29, 0.717) is 12.4 Å². The molecule has 0 aliphatic heterocycles. The van der Waals surface area contributed by atoms with Crippen LogP contribution in [0.15, 0.2) is 0 Å². The summed E-state index contributed by atoms with van der Waals surface area (Å²) in [5.41, 5.74) is -0.224. The van der Waals surface area contributed by atoms with Crippen molar-refractivity contribution in [3.05, 3.63) is 15.9 Å². The number of hydrogen-bond donors (Lipinski definition) is 1. The molecule has 0 fully saturated rings. The van der Waals surface area contributed by atoms with Crippen LogP contribution in [0, 0.1) is 17.0 Å². The topological polar surface area (TPSA) is 93.4 Å². The molecule has 1 heterocycles. The first kappa shape index (κ1) is 16.1. The van der Waals surface area contributed by atoms with Crippen LogP contribution in [-0.2, 0) is 0 Å². The zero-order valence-corrected chi connectivity index (χ0v) is 12.3. The number of aromatic nitrogens is 2. The highest BCUT2D eigenvalue weighted by atomic mass is 16.6. The second-order valence-electron chi connectivity index (χ2n) is 4.19. The summed E-state index contributed by atoms with van der Waals surface area (Å²) in [6.45, 7) is 9.05. The fraction of sp³-hybridized carbons (Fsp3) is 0.667. The fourth-order valence-corrected chi connectivity index (χ4v) is 1.84. The summed E-state index contributed by atoms with van der Waals surface area (Å²) in [4.78, 5) is 20.8. The van der Waals surface area contributed by atoms with Crippen molar-refractivity contribution < 1.29 is 9.66 Å². The van der Waals surface area contributed by atoms with Gasteiger partial charge < -0.3 is 15.0 Å². The van der Waals surface area contributed by atoms with E-state index in [9.17, 15) is 10.1 Å². The number of aryl methyl sites for hydroxylation is 1. The Balaban J connectivity index is 2.88. The average molecular weight is 283 g/mol. The van der Waals surface area contributed by atoms with E-state index < -0.39 is 4.92 Å². The third-order valence-corrected chi connectivity index (χ3v) is 2.95. The minimum Gasteiger partial charge on any atom is -0.476 e. The quantitative estimate of drug-likeness (QED) is 0.570. The predicted octanol–water partition coefficient (Wildman–Crippen LogP) is 1.46. The summed E-state index contributed by atoms with van der Waals surface area (Å²) >= 11 is 0. The molecule has 1 aromatic heterocycles. The fourth-order valence-electron chi connectivity index (χ4n) is 1.84. The van der Waals surface area contributed by atoms with Gasteiger partial charge >= 0.3 is 5.69 Å². The summed E-state index contributed by atoms with van der Waals surface area (Å²) < 4.78 is 4.95. The number of hydrogen-bond acceptors (Lipinski definition) is 7. The molecule has 112 valence electrons. The first-order chi connectivity index (χ1) is 9.53. The van der Waals surface area contributed by atoms with Gasteiger partial charge in [-0.25, -0.2) is 4.98 Å². The van der Waals surface area contributed by atoms with Gasteiger partial charge in [0.1, 0.15) is 5.82 Å². The molecule has 0 radical (unpaired) electrons. The van der Waals surface area contributed by atoms with E-state index in [1.54, 1.807) is 6.92 Å². The highest BCUT2D eigenvalue weighted by Gasteiger charge is 2.24. The molecule has 0 amide bonds. The van der Waals surface area contributed by atoms with E-state index in [2.05, 4.69) is 34.0 Å². The van der Waals surface area contributed by atoms with Crippen LogP contribution in [0.5, 0.6) is 5.88 Å². The Morgan fingerprint density at radius 1 is 1.35 bits per heavy atom. The molecular formula is C12H21N5O3. The van der Waals surface area contributed by atoms with Gasteiger partial charge in [-0.3, -0.25) is 10.1 Å². The highest BCUT2D eigenvalue weighted by molar-refractivity contribution is 5.61. The van der Waals surface area contributed by atoms with Crippen molar-refractivity contribution >= 4 is 11.5 Å². The molecule has 1 aromatic rings. The molecule has 0 saturated heterocycles. The number of ether oxygens (including phenoxy) is 1. The van der Waals surface area contributed by atoms with Crippen molar-refractivity contribution in [3.63, 3.8) is 0 Å². The predicted molar refractivity (Wildman–Crippen MR) is 76.3 cm³/mol. The second kappa shape index (κ2) is 7.59. The number of nitrogens with zero attached hydrogens (tertiary/aromatic N) is 4. The number of nitrogens with one attached hydrogen (secondary N) is 1. The Morgan fingerprint density at radius 3 is 2.50 bits per heavy atom. The Hall–Kier alpha value is -1.96. The maximum atomic E-state index is 11.1. The molecule has 0 atom stereocenters. The maximum absolute atomic E-state index is 11.1. The van der Waals surface area contributed by atoms with Gasteiger partial charge in [-0.1, -0.05) is 13.8 Å². The average Bonchev–Trinajstić information content (AvgIpc) is 2.42. The van der Waals surface area contributed by atoms with Crippen LogP contribution in [0.2, 0.25) is 0 Å². The first-order valence-electron chi connectivity index (χ1n) is 6.56. The maximum Gasteiger partial charge on any atom is 0.372 e. The van der Waals surface area contributed by atoms with E-state index in [4.69, 9.17) is 4.74 Å². The van der Waals surface area contributed by atoms with Crippen LogP contribution in [0.25, 0.3) is 0 Å². The molecule has 8 heteroatoms. The molecule has 0 bridgehead atoms. The van der Waals surface area contributed by atoms with Gasteiger partial charge in [0.2, 0.25) is 5.82 Å². The van der Waals surface area contributed by atoms with Crippen molar-refractivity contribution in [2.75, 3.05) is 38.6 Å². The van der Waals surface area contributed by atoms with Crippen LogP contribution >= 0.6 is 0 Å². The van der Waals surface area contributed by atoms with Crippen molar-refractivity contribution in [1.29, 1.82) is 0 Å². The lowest BCUT2D eigenvalue weighted by Crippen LogP contribution is -2.29. The highest BCUT2D eigenvalue weighted by Crippen LogP contribution is 2.31. The summed E-state index contributed by atoms with van der Waals surface area (Å²) in [7, 11) is 1.36. The molecule has 1 N–H and O–H groups in total. The van der Waals surface area contributed by atoms with Gasteiger partial charge in [0, 0.05) is 13.1 Å². The summed E-state index contributed by atoms with van der Waals surface area (Å²) in [5.74, 6) is 0.608. The molecule has 1 rings (SSSR count). The lowest BCUT2D eigenvalue weighted by Gasteiger charge is -2.18. The third kappa shape index (κ3) is 4.02. The van der Waals surface area contributed by atoms with Crippen LogP contribution < -0.4 is 10.1 Å². The van der Waals surface area contributed by atoms with Gasteiger partial charge in [-0.2, -0.15) is 4.98 Å². The molecule has 0 saturated carbocycles. The van der Waals surface area contributed by atoms with Crippen LogP contribution in [0.1, 0.15) is 19.7 Å². The molecule has 20 heavy (non-hydrogen) atoms. The monoisotopic (exact) mass is 283 g/mol.